The van der Waals surface area contributed by atoms with Gasteiger partial charge in [-0.2, -0.15) is 0 Å². The second-order valence-electron chi connectivity index (χ2n) is 9.74. The van der Waals surface area contributed by atoms with E-state index in [-0.39, 0.29) is 23.8 Å². The van der Waals surface area contributed by atoms with Gasteiger partial charge in [-0.1, -0.05) is 6.42 Å². The molecule has 1 aliphatic carbocycles. The number of benzene rings is 1. The number of carbonyl (C=O) groups is 2. The lowest BCUT2D eigenvalue weighted by atomic mass is 9.85. The summed E-state index contributed by atoms with van der Waals surface area (Å²) in [5, 5.41) is 3.11. The summed E-state index contributed by atoms with van der Waals surface area (Å²) in [5.41, 5.74) is 3.56. The van der Waals surface area contributed by atoms with Crippen molar-refractivity contribution in [1.29, 1.82) is 0 Å². The normalized spacial score (nSPS) is 18.3. The van der Waals surface area contributed by atoms with Crippen LogP contribution in [0.4, 0.5) is 5.69 Å². The fourth-order valence-electron chi connectivity index (χ4n) is 4.93. The lowest BCUT2D eigenvalue weighted by Gasteiger charge is -2.26. The van der Waals surface area contributed by atoms with Gasteiger partial charge in [-0.25, -0.2) is 4.98 Å². The highest BCUT2D eigenvalue weighted by molar-refractivity contribution is 6.06. The minimum Gasteiger partial charge on any atom is -0.378 e. The Kier molecular flexibility index (Phi) is 6.81. The molecule has 1 atom stereocenters. The summed E-state index contributed by atoms with van der Waals surface area (Å²) in [5.74, 6) is 0.721. The Hall–Kier alpha value is -3.26. The first-order chi connectivity index (χ1) is 17.0. The number of ether oxygens (including phenoxy) is 1. The van der Waals surface area contributed by atoms with Crippen molar-refractivity contribution in [2.75, 3.05) is 25.5 Å². The molecule has 2 amide bonds. The highest BCUT2D eigenvalue weighted by Gasteiger charge is 2.27. The Morgan fingerprint density at radius 2 is 1.94 bits per heavy atom. The molecule has 1 saturated heterocycles. The number of hydrogen-bond donors (Lipinski definition) is 1. The average Bonchev–Trinajstić information content (AvgIpc) is 3.18. The molecule has 3 heterocycles. The van der Waals surface area contributed by atoms with E-state index in [2.05, 4.69) is 10.3 Å². The van der Waals surface area contributed by atoms with Crippen molar-refractivity contribution in [2.24, 2.45) is 13.0 Å². The molecule has 8 nitrogen and oxygen atoms in total. The summed E-state index contributed by atoms with van der Waals surface area (Å²) in [6.07, 6.45) is 10.8. The van der Waals surface area contributed by atoms with Gasteiger partial charge in [-0.15, -0.1) is 0 Å². The van der Waals surface area contributed by atoms with E-state index in [1.165, 1.54) is 6.42 Å². The van der Waals surface area contributed by atoms with Crippen LogP contribution in [0.3, 0.4) is 0 Å². The number of anilines is 1. The highest BCUT2D eigenvalue weighted by Crippen LogP contribution is 2.33. The zero-order valence-electron chi connectivity index (χ0n) is 20.5. The molecule has 2 aliphatic rings. The Morgan fingerprint density at radius 3 is 2.63 bits per heavy atom. The van der Waals surface area contributed by atoms with Crippen LogP contribution in [0.1, 0.15) is 55.3 Å². The number of carbonyl (C=O) groups excluding carboxylic acids is 2. The van der Waals surface area contributed by atoms with Gasteiger partial charge < -0.3 is 19.5 Å². The maximum atomic E-state index is 13.4. The number of nitrogens with one attached hydrogen (secondary N) is 1. The highest BCUT2D eigenvalue weighted by atomic mass is 16.5. The molecule has 35 heavy (non-hydrogen) atoms. The van der Waals surface area contributed by atoms with Crippen LogP contribution in [0, 0.1) is 5.92 Å². The van der Waals surface area contributed by atoms with Crippen molar-refractivity contribution in [3.05, 3.63) is 42.2 Å². The van der Waals surface area contributed by atoms with Crippen molar-refractivity contribution in [2.45, 2.75) is 51.0 Å². The number of fused-ring (bicyclic) bond motifs is 1. The smallest absolute Gasteiger partial charge is 0.253 e. The van der Waals surface area contributed by atoms with E-state index in [0.29, 0.717) is 23.3 Å². The lowest BCUT2D eigenvalue weighted by molar-refractivity contribution is -0.122. The van der Waals surface area contributed by atoms with E-state index in [9.17, 15) is 9.59 Å². The summed E-state index contributed by atoms with van der Waals surface area (Å²) in [7, 11) is 3.75. The largest absolute Gasteiger partial charge is 0.378 e. The van der Waals surface area contributed by atoms with Crippen LogP contribution in [-0.2, 0) is 16.6 Å². The van der Waals surface area contributed by atoms with Gasteiger partial charge in [0, 0.05) is 56.7 Å². The van der Waals surface area contributed by atoms with Crippen LogP contribution in [0.2, 0.25) is 0 Å². The number of amides is 2. The van der Waals surface area contributed by atoms with E-state index >= 15 is 0 Å². The van der Waals surface area contributed by atoms with Crippen LogP contribution in [0.25, 0.3) is 22.4 Å². The molecular weight excluding hydrogens is 442 g/mol. The van der Waals surface area contributed by atoms with E-state index in [1.807, 2.05) is 36.9 Å². The van der Waals surface area contributed by atoms with Gasteiger partial charge >= 0.3 is 0 Å². The number of pyridine rings is 1. The molecule has 0 bridgehead atoms. The van der Waals surface area contributed by atoms with Crippen molar-refractivity contribution in [3.8, 4) is 11.4 Å². The number of rotatable bonds is 7. The number of aryl methyl sites for hydroxylation is 1. The maximum absolute atomic E-state index is 13.4. The number of aromatic nitrogens is 3. The SMILES string of the molecule is CN(CC[C@@H]1CCCCO1)C(=O)c1cc(NC(=O)C2CCC2)c2c(c1)nc(-c1ccncc1)n2C. The zero-order valence-corrected chi connectivity index (χ0v) is 20.5. The Labute approximate surface area is 205 Å². The molecule has 1 aliphatic heterocycles. The fourth-order valence-corrected chi connectivity index (χ4v) is 4.93. The minimum atomic E-state index is -0.0852. The van der Waals surface area contributed by atoms with Gasteiger partial charge in [0.2, 0.25) is 5.91 Å². The predicted octanol–water partition coefficient (Wildman–Crippen LogP) is 4.41. The number of hydrogen-bond acceptors (Lipinski definition) is 5. The van der Waals surface area contributed by atoms with Crippen molar-refractivity contribution < 1.29 is 14.3 Å². The molecule has 3 aromatic rings. The molecule has 8 heteroatoms. The monoisotopic (exact) mass is 475 g/mol. The van der Waals surface area contributed by atoms with Crippen LogP contribution >= 0.6 is 0 Å². The van der Waals surface area contributed by atoms with Gasteiger partial charge in [0.1, 0.15) is 5.82 Å². The van der Waals surface area contributed by atoms with Crippen molar-refractivity contribution in [3.63, 3.8) is 0 Å². The molecule has 1 aromatic carbocycles. The molecule has 1 saturated carbocycles. The molecule has 0 spiro atoms. The molecule has 1 N–H and O–H groups in total. The van der Waals surface area contributed by atoms with Gasteiger partial charge in [-0.05, 0) is 62.8 Å². The summed E-state index contributed by atoms with van der Waals surface area (Å²) in [6, 6.07) is 7.43. The standard InChI is InChI=1S/C27H33N5O3/c1-31(14-11-21-8-3-4-15-35-21)27(34)20-16-22-24(23(17-20)30-26(33)19-6-5-7-19)32(2)25(29-22)18-9-12-28-13-10-18/h9-10,12-13,16-17,19,21H,3-8,11,14-15H2,1-2H3,(H,30,33)/t21-/m0/s1. The molecule has 184 valence electrons. The second kappa shape index (κ2) is 10.2. The van der Waals surface area contributed by atoms with E-state index in [1.54, 1.807) is 23.4 Å². The first kappa shape index (κ1) is 23.5. The fraction of sp³-hybridized carbons (Fsp3) is 0.481. The number of imidazole rings is 1. The van der Waals surface area contributed by atoms with Gasteiger partial charge in [0.15, 0.2) is 0 Å². The van der Waals surface area contributed by atoms with E-state index in [0.717, 1.165) is 62.0 Å². The summed E-state index contributed by atoms with van der Waals surface area (Å²) >= 11 is 0. The molecule has 2 aromatic heterocycles. The molecule has 0 unspecified atom stereocenters. The Balaban J connectivity index is 1.46. The third-order valence-corrected chi connectivity index (χ3v) is 7.30. The zero-order chi connectivity index (χ0) is 24.4. The van der Waals surface area contributed by atoms with Crippen LogP contribution in [-0.4, -0.2) is 57.6 Å². The van der Waals surface area contributed by atoms with Crippen LogP contribution < -0.4 is 5.32 Å². The summed E-state index contributed by atoms with van der Waals surface area (Å²) < 4.78 is 7.80. The maximum Gasteiger partial charge on any atom is 0.253 e. The third-order valence-electron chi connectivity index (χ3n) is 7.30. The van der Waals surface area contributed by atoms with Crippen molar-refractivity contribution in [1.82, 2.24) is 19.4 Å². The average molecular weight is 476 g/mol. The first-order valence-electron chi connectivity index (χ1n) is 12.6. The van der Waals surface area contributed by atoms with Crippen LogP contribution in [0.15, 0.2) is 36.7 Å². The molecule has 5 rings (SSSR count). The van der Waals surface area contributed by atoms with Gasteiger partial charge in [0.05, 0.1) is 22.8 Å². The quantitative estimate of drug-likeness (QED) is 0.547. The third kappa shape index (κ3) is 4.93. The van der Waals surface area contributed by atoms with Crippen molar-refractivity contribution >= 4 is 28.5 Å². The lowest BCUT2D eigenvalue weighted by Crippen LogP contribution is -2.32. The minimum absolute atomic E-state index is 0.0108. The Bertz CT molecular complexity index is 1210. The number of nitrogens with zero attached hydrogens (tertiary/aromatic N) is 4. The molecule has 0 radical (unpaired) electrons. The summed E-state index contributed by atoms with van der Waals surface area (Å²) in [4.78, 5) is 36.9. The second-order valence-corrected chi connectivity index (χ2v) is 9.74. The topological polar surface area (TPSA) is 89.3 Å². The van der Waals surface area contributed by atoms with E-state index in [4.69, 9.17) is 9.72 Å². The van der Waals surface area contributed by atoms with E-state index < -0.39 is 0 Å². The van der Waals surface area contributed by atoms with Gasteiger partial charge in [0.25, 0.3) is 5.91 Å². The van der Waals surface area contributed by atoms with Gasteiger partial charge in [-0.3, -0.25) is 14.6 Å². The summed E-state index contributed by atoms with van der Waals surface area (Å²) in [6.45, 7) is 1.43. The van der Waals surface area contributed by atoms with Crippen LogP contribution in [0.5, 0.6) is 0 Å². The molecular formula is C27H33N5O3. The Morgan fingerprint density at radius 1 is 1.14 bits per heavy atom. The first-order valence-corrected chi connectivity index (χ1v) is 12.6. The molecule has 2 fully saturated rings. The predicted molar refractivity (Wildman–Crippen MR) is 135 cm³/mol.